The van der Waals surface area contributed by atoms with Crippen LogP contribution in [0.5, 0.6) is 0 Å². The van der Waals surface area contributed by atoms with E-state index in [9.17, 15) is 8.94 Å². The Balaban J connectivity index is 1.61. The molecule has 3 unspecified atom stereocenters. The lowest BCUT2D eigenvalue weighted by molar-refractivity contribution is 0.0808. The Bertz CT molecular complexity index is 798. The van der Waals surface area contributed by atoms with Crippen molar-refractivity contribution in [3.8, 4) is 11.1 Å². The molecule has 3 fully saturated rings. The van der Waals surface area contributed by atoms with Crippen LogP contribution in [0.2, 0.25) is 0 Å². The number of halogens is 2. The van der Waals surface area contributed by atoms with Crippen LogP contribution in [0, 0.1) is 17.6 Å². The van der Waals surface area contributed by atoms with Crippen molar-refractivity contribution in [3.63, 3.8) is 0 Å². The molecule has 2 saturated heterocycles. The predicted octanol–water partition coefficient (Wildman–Crippen LogP) is 3.57. The second-order valence-corrected chi connectivity index (χ2v) is 8.98. The largest absolute Gasteiger partial charge is 0.598 e. The van der Waals surface area contributed by atoms with Gasteiger partial charge in [0.1, 0.15) is 17.4 Å². The zero-order chi connectivity index (χ0) is 19.0. The highest BCUT2D eigenvalue weighted by atomic mass is 32.2. The van der Waals surface area contributed by atoms with Gasteiger partial charge in [-0.25, -0.2) is 8.78 Å². The van der Waals surface area contributed by atoms with Crippen molar-refractivity contribution in [2.75, 3.05) is 5.75 Å². The highest BCUT2D eigenvalue weighted by molar-refractivity contribution is 7.89. The van der Waals surface area contributed by atoms with Gasteiger partial charge in [-0.1, -0.05) is 30.3 Å². The van der Waals surface area contributed by atoms with Crippen LogP contribution >= 0.6 is 0 Å². The van der Waals surface area contributed by atoms with Crippen molar-refractivity contribution < 1.29 is 13.3 Å². The van der Waals surface area contributed by atoms with E-state index in [1.807, 2.05) is 25.1 Å². The maximum Gasteiger partial charge on any atom is 0.134 e. The van der Waals surface area contributed by atoms with Crippen LogP contribution in [0.1, 0.15) is 25.3 Å². The molecule has 1 aliphatic carbocycles. The third kappa shape index (κ3) is 3.90. The average molecular weight is 390 g/mol. The van der Waals surface area contributed by atoms with Crippen LogP contribution < -0.4 is 10.0 Å². The third-order valence-corrected chi connectivity index (χ3v) is 6.79. The number of rotatable bonds is 6. The standard InChI is InChI=1S/C21H24F2N2OS/c1-2-27(26)25-21-15-9-17(10-15)24-19(21)11-14-8-16(22)12-18(20(14)23)13-6-4-3-5-7-13/h3-8,12,15,17,19,21,24-25H,2,9-11H2,1H3. The van der Waals surface area contributed by atoms with Crippen molar-refractivity contribution in [3.05, 3.63) is 59.7 Å². The van der Waals surface area contributed by atoms with Crippen LogP contribution in [0.4, 0.5) is 8.78 Å². The zero-order valence-corrected chi connectivity index (χ0v) is 16.1. The van der Waals surface area contributed by atoms with Gasteiger partial charge in [0, 0.05) is 29.0 Å². The number of piperidine rings is 2. The smallest absolute Gasteiger partial charge is 0.134 e. The summed E-state index contributed by atoms with van der Waals surface area (Å²) in [5.41, 5.74) is 1.31. The van der Waals surface area contributed by atoms with Gasteiger partial charge in [0.15, 0.2) is 0 Å². The fraction of sp³-hybridized carbons (Fsp3) is 0.429. The molecule has 2 aliphatic heterocycles. The molecule has 3 aliphatic rings. The molecule has 0 spiro atoms. The molecule has 27 heavy (non-hydrogen) atoms. The molecular weight excluding hydrogens is 366 g/mol. The zero-order valence-electron chi connectivity index (χ0n) is 15.3. The summed E-state index contributed by atoms with van der Waals surface area (Å²) in [5, 5.41) is 3.53. The normalized spacial score (nSPS) is 27.9. The maximum atomic E-state index is 15.2. The molecule has 2 heterocycles. The molecule has 2 aromatic rings. The topological polar surface area (TPSA) is 47.1 Å². The van der Waals surface area contributed by atoms with Gasteiger partial charge < -0.3 is 9.87 Å². The predicted molar refractivity (Wildman–Crippen MR) is 105 cm³/mol. The number of hydrogen-bond donors (Lipinski definition) is 2. The molecular formula is C21H24F2N2OS. The molecule has 6 heteroatoms. The Morgan fingerprint density at radius 1 is 1.19 bits per heavy atom. The molecule has 0 aromatic heterocycles. The summed E-state index contributed by atoms with van der Waals surface area (Å²) in [7, 11) is 0. The lowest BCUT2D eigenvalue weighted by atomic mass is 9.68. The van der Waals surface area contributed by atoms with Crippen molar-refractivity contribution in [1.29, 1.82) is 0 Å². The Labute approximate surface area is 161 Å². The van der Waals surface area contributed by atoms with Crippen LogP contribution in [-0.4, -0.2) is 28.4 Å². The number of benzene rings is 2. The minimum Gasteiger partial charge on any atom is -0.598 e. The first-order valence-corrected chi connectivity index (χ1v) is 10.8. The van der Waals surface area contributed by atoms with E-state index in [-0.39, 0.29) is 23.5 Å². The molecule has 1 saturated carbocycles. The van der Waals surface area contributed by atoms with Gasteiger partial charge in [-0.3, -0.25) is 0 Å². The quantitative estimate of drug-likeness (QED) is 0.742. The van der Waals surface area contributed by atoms with Crippen LogP contribution in [0.15, 0.2) is 42.5 Å². The van der Waals surface area contributed by atoms with E-state index < -0.39 is 17.2 Å². The van der Waals surface area contributed by atoms with E-state index >= 15 is 4.39 Å². The molecule has 2 aromatic carbocycles. The summed E-state index contributed by atoms with van der Waals surface area (Å²) >= 11 is -1.10. The van der Waals surface area contributed by atoms with E-state index in [0.29, 0.717) is 35.3 Å². The van der Waals surface area contributed by atoms with Gasteiger partial charge in [-0.2, -0.15) is 0 Å². The lowest BCUT2D eigenvalue weighted by Gasteiger charge is -2.51. The molecule has 0 amide bonds. The Morgan fingerprint density at radius 3 is 2.63 bits per heavy atom. The number of nitrogens with one attached hydrogen (secondary N) is 2. The highest BCUT2D eigenvalue weighted by Gasteiger charge is 2.47. The van der Waals surface area contributed by atoms with E-state index in [1.165, 1.54) is 12.1 Å². The van der Waals surface area contributed by atoms with Crippen molar-refractivity contribution in [1.82, 2.24) is 10.0 Å². The van der Waals surface area contributed by atoms with Crippen LogP contribution in [0.3, 0.4) is 0 Å². The number of fused-ring (bicyclic) bond motifs is 2. The first kappa shape index (κ1) is 18.9. The third-order valence-electron chi connectivity index (χ3n) is 5.73. The highest BCUT2D eigenvalue weighted by Crippen LogP contribution is 2.38. The summed E-state index contributed by atoms with van der Waals surface area (Å²) in [6, 6.07) is 12.0. The van der Waals surface area contributed by atoms with Gasteiger partial charge in [0.25, 0.3) is 0 Å². The molecule has 3 nitrogen and oxygen atoms in total. The Hall–Kier alpha value is -1.47. The summed E-state index contributed by atoms with van der Waals surface area (Å²) in [6.45, 7) is 1.87. The van der Waals surface area contributed by atoms with E-state index in [2.05, 4.69) is 10.0 Å². The lowest BCUT2D eigenvalue weighted by Crippen LogP contribution is -2.68. The minimum absolute atomic E-state index is 0.0126. The van der Waals surface area contributed by atoms with Gasteiger partial charge >= 0.3 is 0 Å². The van der Waals surface area contributed by atoms with E-state index in [4.69, 9.17) is 0 Å². The monoisotopic (exact) mass is 390 g/mol. The van der Waals surface area contributed by atoms with Crippen LogP contribution in [-0.2, 0) is 17.8 Å². The van der Waals surface area contributed by atoms with Gasteiger partial charge in [0.05, 0.1) is 6.04 Å². The fourth-order valence-corrected chi connectivity index (χ4v) is 5.11. The van der Waals surface area contributed by atoms with Gasteiger partial charge in [-0.05, 0) is 55.4 Å². The SMILES string of the molecule is CC[S+]([O-])NC1C2CC(C2)NC1Cc1cc(F)cc(-c2ccccc2)c1F. The summed E-state index contributed by atoms with van der Waals surface area (Å²) < 4.78 is 44.7. The fourth-order valence-electron chi connectivity index (χ4n) is 4.28. The molecule has 2 N–H and O–H groups in total. The first-order chi connectivity index (χ1) is 13.0. The molecule has 2 bridgehead atoms. The minimum atomic E-state index is -1.10. The van der Waals surface area contributed by atoms with Crippen LogP contribution in [0.25, 0.3) is 11.1 Å². The van der Waals surface area contributed by atoms with Crippen molar-refractivity contribution in [2.24, 2.45) is 5.92 Å². The summed E-state index contributed by atoms with van der Waals surface area (Å²) in [5.74, 6) is 0.167. The van der Waals surface area contributed by atoms with Gasteiger partial charge in [-0.15, -0.1) is 4.72 Å². The van der Waals surface area contributed by atoms with E-state index in [1.54, 1.807) is 12.1 Å². The Kier molecular flexibility index (Phi) is 5.50. The molecule has 0 radical (unpaired) electrons. The first-order valence-electron chi connectivity index (χ1n) is 9.49. The Morgan fingerprint density at radius 2 is 1.93 bits per heavy atom. The van der Waals surface area contributed by atoms with Crippen molar-refractivity contribution >= 4 is 11.4 Å². The summed E-state index contributed by atoms with van der Waals surface area (Å²) in [4.78, 5) is 0. The molecule has 5 rings (SSSR count). The van der Waals surface area contributed by atoms with E-state index in [0.717, 1.165) is 12.8 Å². The van der Waals surface area contributed by atoms with Gasteiger partial charge in [0.2, 0.25) is 0 Å². The second-order valence-electron chi connectivity index (χ2n) is 7.48. The maximum absolute atomic E-state index is 15.2. The van der Waals surface area contributed by atoms with Crippen molar-refractivity contribution in [2.45, 2.75) is 44.3 Å². The molecule has 3 atom stereocenters. The number of hydrogen-bond acceptors (Lipinski definition) is 3. The second kappa shape index (κ2) is 7.87. The summed E-state index contributed by atoms with van der Waals surface area (Å²) in [6.07, 6.45) is 2.47. The average Bonchev–Trinajstić information content (AvgIpc) is 2.65. The molecule has 144 valence electrons.